The summed E-state index contributed by atoms with van der Waals surface area (Å²) in [7, 11) is -3.97. The van der Waals surface area contributed by atoms with Crippen LogP contribution >= 0.6 is 0 Å². The lowest BCUT2D eigenvalue weighted by atomic mass is 9.98. The first-order valence-electron chi connectivity index (χ1n) is 6.16. The van der Waals surface area contributed by atoms with Crippen molar-refractivity contribution in [2.45, 2.75) is 24.5 Å². The number of benzene rings is 1. The summed E-state index contributed by atoms with van der Waals surface area (Å²) in [5, 5.41) is -0.909. The Balaban J connectivity index is 2.17. The fourth-order valence-corrected chi connectivity index (χ4v) is 4.63. The number of sulfonamides is 1. The summed E-state index contributed by atoms with van der Waals surface area (Å²) in [5.41, 5.74) is -0.230. The molecule has 1 atom stereocenters. The Labute approximate surface area is 114 Å². The van der Waals surface area contributed by atoms with Crippen molar-refractivity contribution in [1.29, 1.82) is 0 Å². The minimum absolute atomic E-state index is 0.194. The van der Waals surface area contributed by atoms with Gasteiger partial charge in [-0.25, -0.2) is 17.2 Å². The Kier molecular flexibility index (Phi) is 2.89. The van der Waals surface area contributed by atoms with Gasteiger partial charge in [-0.2, -0.15) is 4.31 Å². The molecule has 1 heterocycles. The number of anilines is 1. The Morgan fingerprint density at radius 3 is 2.65 bits per heavy atom. The summed E-state index contributed by atoms with van der Waals surface area (Å²) in [6, 6.07) is 2.46. The third-order valence-corrected chi connectivity index (χ3v) is 5.64. The van der Waals surface area contributed by atoms with Crippen LogP contribution in [0.5, 0.6) is 0 Å². The van der Waals surface area contributed by atoms with Gasteiger partial charge < -0.3 is 0 Å². The molecule has 3 rings (SSSR count). The number of hydrogen-bond donors (Lipinski definition) is 0. The summed E-state index contributed by atoms with van der Waals surface area (Å²) < 4.78 is 51.9. The second-order valence-electron chi connectivity index (χ2n) is 4.79. The molecule has 1 aromatic carbocycles. The predicted molar refractivity (Wildman–Crippen MR) is 68.5 cm³/mol. The van der Waals surface area contributed by atoms with E-state index in [0.29, 0.717) is 29.6 Å². The molecular formula is C13H11F2NO3S. The van der Waals surface area contributed by atoms with E-state index in [0.717, 1.165) is 12.1 Å². The minimum Gasteiger partial charge on any atom is -0.268 e. The molecule has 0 saturated carbocycles. The molecule has 0 N–H and O–H groups in total. The minimum atomic E-state index is -3.97. The fourth-order valence-electron chi connectivity index (χ4n) is 2.63. The molecule has 1 unspecified atom stereocenters. The van der Waals surface area contributed by atoms with E-state index in [1.807, 2.05) is 0 Å². The highest BCUT2D eigenvalue weighted by molar-refractivity contribution is 7.95. The number of carbonyl (C=O) groups is 1. The van der Waals surface area contributed by atoms with Crippen LogP contribution in [0.1, 0.15) is 19.3 Å². The van der Waals surface area contributed by atoms with Crippen molar-refractivity contribution in [3.05, 3.63) is 41.5 Å². The highest BCUT2D eigenvalue weighted by Gasteiger charge is 2.50. The second kappa shape index (κ2) is 4.37. The van der Waals surface area contributed by atoms with Gasteiger partial charge in [-0.05, 0) is 31.4 Å². The van der Waals surface area contributed by atoms with E-state index in [9.17, 15) is 22.0 Å². The van der Waals surface area contributed by atoms with E-state index in [-0.39, 0.29) is 5.57 Å². The van der Waals surface area contributed by atoms with Crippen molar-refractivity contribution < 1.29 is 22.0 Å². The van der Waals surface area contributed by atoms with Crippen molar-refractivity contribution in [1.82, 2.24) is 0 Å². The van der Waals surface area contributed by atoms with E-state index in [1.165, 1.54) is 0 Å². The maximum atomic E-state index is 13.8. The lowest BCUT2D eigenvalue weighted by Crippen LogP contribution is -2.32. The maximum absolute atomic E-state index is 13.8. The Bertz CT molecular complexity index is 727. The largest absolute Gasteiger partial charge is 0.269 e. The van der Waals surface area contributed by atoms with E-state index < -0.39 is 38.5 Å². The molecule has 0 radical (unpaired) electrons. The van der Waals surface area contributed by atoms with Crippen molar-refractivity contribution in [2.24, 2.45) is 0 Å². The first-order valence-corrected chi connectivity index (χ1v) is 7.67. The van der Waals surface area contributed by atoms with Crippen LogP contribution in [0, 0.1) is 11.6 Å². The van der Waals surface area contributed by atoms with Crippen molar-refractivity contribution >= 4 is 21.6 Å². The molecule has 1 amide bonds. The molecule has 20 heavy (non-hydrogen) atoms. The Morgan fingerprint density at radius 1 is 1.25 bits per heavy atom. The molecule has 0 aromatic heterocycles. The van der Waals surface area contributed by atoms with Crippen molar-refractivity contribution in [3.63, 3.8) is 0 Å². The van der Waals surface area contributed by atoms with Crippen molar-refractivity contribution in [2.75, 3.05) is 4.31 Å². The van der Waals surface area contributed by atoms with Gasteiger partial charge >= 0.3 is 0 Å². The maximum Gasteiger partial charge on any atom is 0.269 e. The monoisotopic (exact) mass is 299 g/mol. The number of hydrogen-bond acceptors (Lipinski definition) is 3. The highest BCUT2D eigenvalue weighted by Crippen LogP contribution is 2.39. The average molecular weight is 299 g/mol. The zero-order valence-electron chi connectivity index (χ0n) is 10.3. The predicted octanol–water partition coefficient (Wildman–Crippen LogP) is 2.12. The number of halogens is 2. The smallest absolute Gasteiger partial charge is 0.268 e. The molecule has 0 spiro atoms. The van der Waals surface area contributed by atoms with Crippen molar-refractivity contribution in [3.8, 4) is 0 Å². The third-order valence-electron chi connectivity index (χ3n) is 3.56. The number of nitrogens with zero attached hydrogens (tertiary/aromatic N) is 1. The van der Waals surface area contributed by atoms with Gasteiger partial charge in [0.25, 0.3) is 5.91 Å². The van der Waals surface area contributed by atoms with E-state index in [1.54, 1.807) is 6.08 Å². The first-order chi connectivity index (χ1) is 9.43. The van der Waals surface area contributed by atoms with E-state index in [2.05, 4.69) is 0 Å². The van der Waals surface area contributed by atoms with Gasteiger partial charge in [0, 0.05) is 11.6 Å². The summed E-state index contributed by atoms with van der Waals surface area (Å²) in [6.45, 7) is 0. The molecule has 1 aliphatic heterocycles. The fraction of sp³-hybridized carbons (Fsp3) is 0.308. The Morgan fingerprint density at radius 2 is 2.00 bits per heavy atom. The number of rotatable bonds is 1. The molecular weight excluding hydrogens is 288 g/mol. The molecule has 1 aliphatic carbocycles. The number of allylic oxidation sites excluding steroid dienone is 1. The number of amides is 1. The van der Waals surface area contributed by atoms with Crippen LogP contribution in [0.2, 0.25) is 0 Å². The van der Waals surface area contributed by atoms with Crippen LogP contribution in [0.4, 0.5) is 14.5 Å². The number of fused-ring (bicyclic) bond motifs is 1. The second-order valence-corrected chi connectivity index (χ2v) is 6.75. The lowest BCUT2D eigenvalue weighted by Gasteiger charge is -2.17. The standard InChI is InChI=1S/C13H11F2NO3S/c14-8-5-6-11(10(15)7-8)16-13(17)9-3-1-2-4-12(9)20(16,18)19/h3,5-7,12H,1-2,4H2. The zero-order valence-corrected chi connectivity index (χ0v) is 11.2. The van der Waals surface area contributed by atoms with E-state index in [4.69, 9.17) is 0 Å². The van der Waals surface area contributed by atoms with Crippen LogP contribution in [0.25, 0.3) is 0 Å². The van der Waals surface area contributed by atoms with Crippen LogP contribution in [0.15, 0.2) is 29.8 Å². The summed E-state index contributed by atoms with van der Waals surface area (Å²) in [4.78, 5) is 12.2. The average Bonchev–Trinajstić information content (AvgIpc) is 2.60. The third kappa shape index (κ3) is 1.76. The quantitative estimate of drug-likeness (QED) is 0.798. The molecule has 7 heteroatoms. The molecule has 2 aliphatic rings. The van der Waals surface area contributed by atoms with Gasteiger partial charge in [-0.1, -0.05) is 6.08 Å². The molecule has 0 bridgehead atoms. The van der Waals surface area contributed by atoms with Gasteiger partial charge in [0.2, 0.25) is 10.0 Å². The lowest BCUT2D eigenvalue weighted by molar-refractivity contribution is -0.113. The first kappa shape index (κ1) is 13.2. The SMILES string of the molecule is O=C1C2=CCCCC2S(=O)(=O)N1c1ccc(F)cc1F. The van der Waals surface area contributed by atoms with Crippen LogP contribution < -0.4 is 4.31 Å². The summed E-state index contributed by atoms with van der Waals surface area (Å²) in [5.74, 6) is -2.63. The summed E-state index contributed by atoms with van der Waals surface area (Å²) >= 11 is 0. The van der Waals surface area contributed by atoms with Gasteiger partial charge in [0.1, 0.15) is 11.1 Å². The van der Waals surface area contributed by atoms with Gasteiger partial charge in [-0.15, -0.1) is 0 Å². The topological polar surface area (TPSA) is 54.5 Å². The van der Waals surface area contributed by atoms with E-state index >= 15 is 0 Å². The normalized spacial score (nSPS) is 24.5. The van der Waals surface area contributed by atoms with Crippen LogP contribution in [0.3, 0.4) is 0 Å². The van der Waals surface area contributed by atoms with Gasteiger partial charge in [0.15, 0.2) is 5.82 Å². The Hall–Kier alpha value is -1.76. The van der Waals surface area contributed by atoms with Gasteiger partial charge in [0.05, 0.1) is 5.69 Å². The zero-order chi connectivity index (χ0) is 14.5. The highest BCUT2D eigenvalue weighted by atomic mass is 32.2. The van der Waals surface area contributed by atoms with Gasteiger partial charge in [-0.3, -0.25) is 4.79 Å². The molecule has 1 fully saturated rings. The molecule has 1 saturated heterocycles. The molecule has 1 aromatic rings. The molecule has 106 valence electrons. The van der Waals surface area contributed by atoms with Crippen LogP contribution in [-0.2, 0) is 14.8 Å². The number of carbonyl (C=O) groups excluding carboxylic acids is 1. The summed E-state index contributed by atoms with van der Waals surface area (Å²) in [6.07, 6.45) is 3.24. The molecule has 4 nitrogen and oxygen atoms in total. The van der Waals surface area contributed by atoms with Crippen LogP contribution in [-0.4, -0.2) is 19.6 Å².